The Morgan fingerprint density at radius 1 is 1.23 bits per heavy atom. The molecule has 0 aliphatic carbocycles. The zero-order chi connectivity index (χ0) is 16.0. The molecule has 1 aromatic heterocycles. The quantitative estimate of drug-likeness (QED) is 0.625. The average Bonchev–Trinajstić information content (AvgIpc) is 2.90. The van der Waals surface area contributed by atoms with Crippen LogP contribution in [0.5, 0.6) is 5.75 Å². The van der Waals surface area contributed by atoms with Crippen molar-refractivity contribution in [1.82, 2.24) is 4.98 Å². The number of aromatic nitrogens is 1. The molecule has 0 spiro atoms. The monoisotopic (exact) mass is 391 g/mol. The van der Waals surface area contributed by atoms with E-state index in [0.29, 0.717) is 20.6 Å². The summed E-state index contributed by atoms with van der Waals surface area (Å²) in [5.41, 5.74) is 0.766. The fourth-order valence-electron chi connectivity index (χ4n) is 2.46. The summed E-state index contributed by atoms with van der Waals surface area (Å²) in [6.45, 7) is 1.59. The van der Waals surface area contributed by atoms with Crippen LogP contribution >= 0.6 is 27.5 Å². The van der Waals surface area contributed by atoms with Gasteiger partial charge in [-0.15, -0.1) is 0 Å². The molecule has 5 atom stereocenters. The molecular formula is C14H15BrClNO5. The van der Waals surface area contributed by atoms with Crippen molar-refractivity contribution in [3.05, 3.63) is 27.8 Å². The van der Waals surface area contributed by atoms with Crippen LogP contribution in [0.2, 0.25) is 5.02 Å². The summed E-state index contributed by atoms with van der Waals surface area (Å²) >= 11 is 9.61. The van der Waals surface area contributed by atoms with Gasteiger partial charge in [0.05, 0.1) is 22.0 Å². The molecule has 8 heteroatoms. The first-order valence-electron chi connectivity index (χ1n) is 6.71. The fraction of sp³-hybridized carbons (Fsp3) is 0.429. The van der Waals surface area contributed by atoms with Gasteiger partial charge in [0.2, 0.25) is 6.29 Å². The molecule has 0 saturated carbocycles. The van der Waals surface area contributed by atoms with Gasteiger partial charge in [-0.25, -0.2) is 0 Å². The summed E-state index contributed by atoms with van der Waals surface area (Å²) in [5.74, 6) is 0.390. The van der Waals surface area contributed by atoms with Gasteiger partial charge < -0.3 is 29.8 Å². The van der Waals surface area contributed by atoms with Gasteiger partial charge in [0, 0.05) is 10.7 Å². The van der Waals surface area contributed by atoms with Gasteiger partial charge in [0.25, 0.3) is 0 Å². The lowest BCUT2D eigenvalue weighted by Crippen LogP contribution is -2.58. The van der Waals surface area contributed by atoms with Crippen molar-refractivity contribution in [3.63, 3.8) is 0 Å². The summed E-state index contributed by atoms with van der Waals surface area (Å²) in [4.78, 5) is 3.01. The molecule has 1 aromatic carbocycles. The van der Waals surface area contributed by atoms with Crippen molar-refractivity contribution in [2.45, 2.75) is 37.6 Å². The Kier molecular flexibility index (Phi) is 4.37. The van der Waals surface area contributed by atoms with Crippen LogP contribution in [0.4, 0.5) is 0 Å². The van der Waals surface area contributed by atoms with Crippen molar-refractivity contribution in [3.8, 4) is 5.75 Å². The maximum absolute atomic E-state index is 10.0. The van der Waals surface area contributed by atoms with E-state index in [1.54, 1.807) is 19.2 Å². The van der Waals surface area contributed by atoms with Crippen molar-refractivity contribution < 1.29 is 24.8 Å². The number of fused-ring (bicyclic) bond motifs is 1. The van der Waals surface area contributed by atoms with E-state index < -0.39 is 30.7 Å². The van der Waals surface area contributed by atoms with Crippen LogP contribution in [0.25, 0.3) is 10.9 Å². The first-order chi connectivity index (χ1) is 10.4. The number of hydrogen-bond donors (Lipinski definition) is 4. The van der Waals surface area contributed by atoms with Gasteiger partial charge in [0.1, 0.15) is 24.1 Å². The van der Waals surface area contributed by atoms with Crippen molar-refractivity contribution in [1.29, 1.82) is 0 Å². The Morgan fingerprint density at radius 3 is 2.68 bits per heavy atom. The van der Waals surface area contributed by atoms with Crippen LogP contribution in [-0.4, -0.2) is 51.0 Å². The second-order valence-corrected chi connectivity index (χ2v) is 6.47. The van der Waals surface area contributed by atoms with E-state index in [4.69, 9.17) is 21.1 Å². The van der Waals surface area contributed by atoms with E-state index in [1.165, 1.54) is 0 Å². The fourth-order valence-corrected chi connectivity index (χ4v) is 3.04. The molecule has 2 aromatic rings. The van der Waals surface area contributed by atoms with Crippen molar-refractivity contribution in [2.75, 3.05) is 0 Å². The summed E-state index contributed by atoms with van der Waals surface area (Å²) in [7, 11) is 0. The van der Waals surface area contributed by atoms with Crippen LogP contribution in [0.15, 0.2) is 22.8 Å². The third-order valence-corrected chi connectivity index (χ3v) is 5.03. The SMILES string of the molecule is C[C@@H]1OC(Oc2c[nH]c3ccc(Br)c(Cl)c23)[C@@H](O)[C@H](O)[C@@H]1O. The van der Waals surface area contributed by atoms with Gasteiger partial charge in [-0.3, -0.25) is 0 Å². The number of halogens is 2. The number of hydrogen-bond acceptors (Lipinski definition) is 5. The summed E-state index contributed by atoms with van der Waals surface area (Å²) in [5, 5.41) is 30.6. The number of H-pyrrole nitrogens is 1. The minimum atomic E-state index is -1.37. The highest BCUT2D eigenvalue weighted by molar-refractivity contribution is 9.10. The molecule has 6 nitrogen and oxygen atoms in total. The largest absolute Gasteiger partial charge is 0.460 e. The summed E-state index contributed by atoms with van der Waals surface area (Å²) in [6.07, 6.45) is -4.07. The molecule has 1 unspecified atom stereocenters. The van der Waals surface area contributed by atoms with Crippen LogP contribution < -0.4 is 4.74 Å². The Balaban J connectivity index is 1.92. The van der Waals surface area contributed by atoms with E-state index >= 15 is 0 Å². The molecule has 0 radical (unpaired) electrons. The normalized spacial score (nSPS) is 32.4. The second kappa shape index (κ2) is 5.99. The highest BCUT2D eigenvalue weighted by Crippen LogP contribution is 2.38. The first-order valence-corrected chi connectivity index (χ1v) is 7.88. The molecule has 120 valence electrons. The highest BCUT2D eigenvalue weighted by atomic mass is 79.9. The molecule has 1 saturated heterocycles. The molecule has 3 rings (SSSR count). The average molecular weight is 393 g/mol. The number of aromatic amines is 1. The van der Waals surface area contributed by atoms with Crippen molar-refractivity contribution in [2.24, 2.45) is 0 Å². The van der Waals surface area contributed by atoms with E-state index in [9.17, 15) is 15.3 Å². The lowest BCUT2D eigenvalue weighted by atomic mass is 10.00. The minimum absolute atomic E-state index is 0.390. The molecule has 1 aliphatic rings. The predicted molar refractivity (Wildman–Crippen MR) is 84.0 cm³/mol. The smallest absolute Gasteiger partial charge is 0.229 e. The number of ether oxygens (including phenoxy) is 2. The molecular weight excluding hydrogens is 378 g/mol. The number of aliphatic hydroxyl groups is 3. The Labute approximate surface area is 139 Å². The van der Waals surface area contributed by atoms with Gasteiger partial charge in [-0.05, 0) is 35.0 Å². The Morgan fingerprint density at radius 2 is 1.95 bits per heavy atom. The summed E-state index contributed by atoms with van der Waals surface area (Å²) < 4.78 is 11.8. The van der Waals surface area contributed by atoms with Gasteiger partial charge >= 0.3 is 0 Å². The van der Waals surface area contributed by atoms with E-state index in [-0.39, 0.29) is 0 Å². The van der Waals surface area contributed by atoms with Gasteiger partial charge in [-0.1, -0.05) is 11.6 Å². The van der Waals surface area contributed by atoms with E-state index in [1.807, 2.05) is 6.07 Å². The topological polar surface area (TPSA) is 94.9 Å². The molecule has 4 N–H and O–H groups in total. The maximum atomic E-state index is 10.0. The van der Waals surface area contributed by atoms with Crippen LogP contribution in [-0.2, 0) is 4.74 Å². The minimum Gasteiger partial charge on any atom is -0.460 e. The maximum Gasteiger partial charge on any atom is 0.229 e. The van der Waals surface area contributed by atoms with Crippen LogP contribution in [0.1, 0.15) is 6.92 Å². The van der Waals surface area contributed by atoms with Gasteiger partial charge in [0.15, 0.2) is 0 Å². The zero-order valence-electron chi connectivity index (χ0n) is 11.5. The Bertz CT molecular complexity index is 693. The molecule has 2 heterocycles. The lowest BCUT2D eigenvalue weighted by molar-refractivity contribution is -0.267. The van der Waals surface area contributed by atoms with Crippen molar-refractivity contribution >= 4 is 38.4 Å². The molecule has 1 aliphatic heterocycles. The molecule has 22 heavy (non-hydrogen) atoms. The summed E-state index contributed by atoms with van der Waals surface area (Å²) in [6, 6.07) is 3.64. The van der Waals surface area contributed by atoms with Gasteiger partial charge in [-0.2, -0.15) is 0 Å². The predicted octanol–water partition coefficient (Wildman–Crippen LogP) is 1.79. The Hall–Kier alpha value is -0.830. The second-order valence-electron chi connectivity index (χ2n) is 5.24. The first kappa shape index (κ1) is 16.0. The third-order valence-electron chi connectivity index (χ3n) is 3.75. The molecule has 1 fully saturated rings. The number of nitrogens with one attached hydrogen (secondary N) is 1. The molecule has 0 amide bonds. The zero-order valence-corrected chi connectivity index (χ0v) is 13.9. The van der Waals surface area contributed by atoms with E-state index in [2.05, 4.69) is 20.9 Å². The number of aliphatic hydroxyl groups excluding tert-OH is 3. The van der Waals surface area contributed by atoms with Crippen LogP contribution in [0, 0.1) is 0 Å². The number of rotatable bonds is 2. The standard InChI is InChI=1S/C14H15BrClNO5/c1-5-11(18)12(19)13(20)14(21-5)22-8-4-17-7-3-2-6(15)10(16)9(7)8/h2-5,11-14,17-20H,1H3/t5-,11+,12+,13-,14?/m0/s1. The van der Waals surface area contributed by atoms with Crippen LogP contribution in [0.3, 0.4) is 0 Å². The highest BCUT2D eigenvalue weighted by Gasteiger charge is 2.43. The molecule has 0 bridgehead atoms. The lowest BCUT2D eigenvalue weighted by Gasteiger charge is -2.38. The number of benzene rings is 1. The van der Waals surface area contributed by atoms with E-state index in [0.717, 1.165) is 5.52 Å². The third kappa shape index (κ3) is 2.62.